The Balaban J connectivity index is 1.53. The molecule has 1 amide bonds. The van der Waals surface area contributed by atoms with E-state index in [0.717, 1.165) is 36.6 Å². The van der Waals surface area contributed by atoms with Crippen LogP contribution in [0.4, 0.5) is 4.39 Å². The summed E-state index contributed by atoms with van der Waals surface area (Å²) < 4.78 is 18.7. The lowest BCUT2D eigenvalue weighted by molar-refractivity contribution is -0.130. The summed E-state index contributed by atoms with van der Waals surface area (Å²) in [6.07, 6.45) is 1.82. The van der Waals surface area contributed by atoms with Crippen LogP contribution in [0, 0.1) is 11.7 Å². The van der Waals surface area contributed by atoms with Crippen LogP contribution in [0.5, 0.6) is 5.75 Å². The first kappa shape index (κ1) is 22.9. The molecule has 33 heavy (non-hydrogen) atoms. The highest BCUT2D eigenvalue weighted by atomic mass is 19.1. The van der Waals surface area contributed by atoms with Gasteiger partial charge in [-0.15, -0.1) is 0 Å². The van der Waals surface area contributed by atoms with Crippen molar-refractivity contribution in [3.05, 3.63) is 95.6 Å². The largest absolute Gasteiger partial charge is 0.497 e. The fourth-order valence-corrected chi connectivity index (χ4v) is 4.62. The summed E-state index contributed by atoms with van der Waals surface area (Å²) >= 11 is 0. The molecule has 0 radical (unpaired) electrons. The third kappa shape index (κ3) is 5.96. The molecule has 0 aliphatic carbocycles. The summed E-state index contributed by atoms with van der Waals surface area (Å²) in [5, 5.41) is 0. The van der Waals surface area contributed by atoms with Crippen molar-refractivity contribution in [2.45, 2.75) is 25.9 Å². The fraction of sp³-hybridized carbons (Fsp3) is 0.333. The molecule has 1 saturated heterocycles. The number of halogens is 1. The van der Waals surface area contributed by atoms with Crippen LogP contribution in [-0.4, -0.2) is 47.4 Å². The van der Waals surface area contributed by atoms with Crippen LogP contribution in [0.1, 0.15) is 29.7 Å². The Hall–Kier alpha value is -3.25. The monoisotopic (exact) mass is 447 g/mol. The normalized spacial score (nSPS) is 18.3. The van der Waals surface area contributed by atoms with Gasteiger partial charge in [-0.2, -0.15) is 0 Å². The highest BCUT2D eigenvalue weighted by molar-refractivity contribution is 5.73. The smallest absolute Gasteiger partial charge is 0.219 e. The summed E-state index contributed by atoms with van der Waals surface area (Å²) in [7, 11) is 1.67. The standard InChI is InChI=1S/C27H30FN3O2/c1-20(32)31(15-21-6-10-24(28)11-7-21)17-23-16-30(18-25-5-3-4-14-29-25)19-27(23)22-8-12-26(33-2)13-9-22/h3-14,23,27H,15-19H2,1-2H3. The van der Waals surface area contributed by atoms with E-state index in [1.165, 1.54) is 17.7 Å². The number of ether oxygens (including phenoxy) is 1. The van der Waals surface area contributed by atoms with Gasteiger partial charge in [0.05, 0.1) is 12.8 Å². The molecule has 1 fully saturated rings. The Morgan fingerprint density at radius 2 is 1.85 bits per heavy atom. The van der Waals surface area contributed by atoms with E-state index in [9.17, 15) is 9.18 Å². The zero-order valence-corrected chi connectivity index (χ0v) is 19.2. The lowest BCUT2D eigenvalue weighted by Gasteiger charge is -2.28. The SMILES string of the molecule is COc1ccc(C2CN(Cc3ccccn3)CC2CN(Cc2ccc(F)cc2)C(C)=O)cc1. The Kier molecular flexibility index (Phi) is 7.35. The quantitative estimate of drug-likeness (QED) is 0.510. The van der Waals surface area contributed by atoms with Crippen molar-refractivity contribution < 1.29 is 13.9 Å². The summed E-state index contributed by atoms with van der Waals surface area (Å²) in [4.78, 5) is 21.3. The number of likely N-dealkylation sites (tertiary alicyclic amines) is 1. The minimum Gasteiger partial charge on any atom is -0.497 e. The van der Waals surface area contributed by atoms with Crippen LogP contribution in [0.25, 0.3) is 0 Å². The number of hydrogen-bond acceptors (Lipinski definition) is 4. The average molecular weight is 448 g/mol. The third-order valence-corrected chi connectivity index (χ3v) is 6.36. The van der Waals surface area contributed by atoms with Gasteiger partial charge in [-0.25, -0.2) is 4.39 Å². The maximum Gasteiger partial charge on any atom is 0.219 e. The number of carbonyl (C=O) groups excluding carboxylic acids is 1. The molecule has 2 unspecified atom stereocenters. The van der Waals surface area contributed by atoms with Crippen LogP contribution >= 0.6 is 0 Å². The molecule has 3 aromatic rings. The Morgan fingerprint density at radius 1 is 1.09 bits per heavy atom. The Bertz CT molecular complexity index is 1040. The second-order valence-corrected chi connectivity index (χ2v) is 8.68. The van der Waals surface area contributed by atoms with E-state index >= 15 is 0 Å². The molecule has 0 saturated carbocycles. The molecule has 5 nitrogen and oxygen atoms in total. The second kappa shape index (κ2) is 10.6. The van der Waals surface area contributed by atoms with Crippen molar-refractivity contribution in [3.8, 4) is 5.75 Å². The predicted molar refractivity (Wildman–Crippen MR) is 126 cm³/mol. The lowest BCUT2D eigenvalue weighted by atomic mass is 9.88. The highest BCUT2D eigenvalue weighted by Gasteiger charge is 2.35. The van der Waals surface area contributed by atoms with Gasteiger partial charge in [0.1, 0.15) is 11.6 Å². The molecule has 6 heteroatoms. The number of carbonyl (C=O) groups is 1. The molecule has 1 aliphatic rings. The van der Waals surface area contributed by atoms with Crippen molar-refractivity contribution in [1.29, 1.82) is 0 Å². The van der Waals surface area contributed by atoms with Gasteiger partial charge in [-0.1, -0.05) is 30.3 Å². The van der Waals surface area contributed by atoms with Gasteiger partial charge in [0.2, 0.25) is 5.91 Å². The van der Waals surface area contributed by atoms with Crippen molar-refractivity contribution >= 4 is 5.91 Å². The van der Waals surface area contributed by atoms with Crippen LogP contribution in [-0.2, 0) is 17.9 Å². The van der Waals surface area contributed by atoms with E-state index in [1.54, 1.807) is 26.2 Å². The van der Waals surface area contributed by atoms with Gasteiger partial charge in [-0.3, -0.25) is 14.7 Å². The number of methoxy groups -OCH3 is 1. The maximum absolute atomic E-state index is 13.3. The van der Waals surface area contributed by atoms with Crippen LogP contribution in [0.15, 0.2) is 72.9 Å². The van der Waals surface area contributed by atoms with Crippen molar-refractivity contribution in [1.82, 2.24) is 14.8 Å². The molecule has 4 rings (SSSR count). The first-order valence-electron chi connectivity index (χ1n) is 11.3. The van der Waals surface area contributed by atoms with E-state index in [2.05, 4.69) is 22.0 Å². The lowest BCUT2D eigenvalue weighted by Crippen LogP contribution is -2.35. The Labute approximate surface area is 194 Å². The zero-order valence-electron chi connectivity index (χ0n) is 19.2. The van der Waals surface area contributed by atoms with E-state index in [4.69, 9.17) is 4.74 Å². The van der Waals surface area contributed by atoms with Gasteiger partial charge in [-0.05, 0) is 53.4 Å². The molecule has 2 atom stereocenters. The molecule has 0 spiro atoms. The number of aromatic nitrogens is 1. The molecule has 0 bridgehead atoms. The minimum atomic E-state index is -0.270. The van der Waals surface area contributed by atoms with Crippen LogP contribution in [0.2, 0.25) is 0 Å². The molecular weight excluding hydrogens is 417 g/mol. The van der Waals surface area contributed by atoms with Gasteiger partial charge in [0.15, 0.2) is 0 Å². The first-order valence-corrected chi connectivity index (χ1v) is 11.3. The average Bonchev–Trinajstić information content (AvgIpc) is 3.22. The van der Waals surface area contributed by atoms with E-state index in [1.807, 2.05) is 41.4 Å². The molecule has 2 aromatic carbocycles. The number of nitrogens with zero attached hydrogens (tertiary/aromatic N) is 3. The number of rotatable bonds is 8. The summed E-state index contributed by atoms with van der Waals surface area (Å²) in [6.45, 7) is 5.27. The maximum atomic E-state index is 13.3. The zero-order chi connectivity index (χ0) is 23.2. The Morgan fingerprint density at radius 3 is 2.48 bits per heavy atom. The predicted octanol–water partition coefficient (Wildman–Crippen LogP) is 4.49. The van der Waals surface area contributed by atoms with Crippen molar-refractivity contribution in [2.75, 3.05) is 26.7 Å². The minimum absolute atomic E-state index is 0.0241. The van der Waals surface area contributed by atoms with E-state index < -0.39 is 0 Å². The second-order valence-electron chi connectivity index (χ2n) is 8.68. The first-order chi connectivity index (χ1) is 16.0. The summed E-state index contributed by atoms with van der Waals surface area (Å²) in [5.41, 5.74) is 3.21. The molecule has 0 N–H and O–H groups in total. The molecule has 1 aromatic heterocycles. The molecular formula is C27H30FN3O2. The molecule has 1 aliphatic heterocycles. The van der Waals surface area contributed by atoms with Gasteiger partial charge in [0.25, 0.3) is 0 Å². The molecule has 2 heterocycles. The van der Waals surface area contributed by atoms with Crippen LogP contribution < -0.4 is 4.74 Å². The van der Waals surface area contributed by atoms with Crippen LogP contribution in [0.3, 0.4) is 0 Å². The van der Waals surface area contributed by atoms with E-state index in [-0.39, 0.29) is 23.6 Å². The van der Waals surface area contributed by atoms with Crippen molar-refractivity contribution in [2.24, 2.45) is 5.92 Å². The van der Waals surface area contributed by atoms with Gasteiger partial charge >= 0.3 is 0 Å². The molecule has 172 valence electrons. The topological polar surface area (TPSA) is 45.7 Å². The number of amides is 1. The fourth-order valence-electron chi connectivity index (χ4n) is 4.62. The van der Waals surface area contributed by atoms with Gasteiger partial charge < -0.3 is 9.64 Å². The summed E-state index contributed by atoms with van der Waals surface area (Å²) in [6, 6.07) is 20.6. The van der Waals surface area contributed by atoms with Crippen molar-refractivity contribution in [3.63, 3.8) is 0 Å². The third-order valence-electron chi connectivity index (χ3n) is 6.36. The van der Waals surface area contributed by atoms with Gasteiger partial charge in [0, 0.05) is 51.8 Å². The van der Waals surface area contributed by atoms with E-state index in [0.29, 0.717) is 13.1 Å². The highest BCUT2D eigenvalue weighted by Crippen LogP contribution is 2.35. The number of hydrogen-bond donors (Lipinski definition) is 0. The summed E-state index contributed by atoms with van der Waals surface area (Å²) in [5.74, 6) is 1.14. The number of pyridine rings is 1. The number of benzene rings is 2.